The lowest BCUT2D eigenvalue weighted by Gasteiger charge is -2.32. The van der Waals surface area contributed by atoms with Gasteiger partial charge in [0.1, 0.15) is 5.82 Å². The zero-order valence-corrected chi connectivity index (χ0v) is 16.5. The largest absolute Gasteiger partial charge is 0.381 e. The van der Waals surface area contributed by atoms with E-state index in [-0.39, 0.29) is 5.91 Å². The number of rotatable bonds is 8. The molecule has 146 valence electrons. The number of ether oxygens (including phenoxy) is 1. The fraction of sp³-hybridized carbons (Fsp3) is 0.545. The highest BCUT2D eigenvalue weighted by atomic mass is 16.5. The van der Waals surface area contributed by atoms with Crippen molar-refractivity contribution in [2.75, 3.05) is 37.7 Å². The highest BCUT2D eigenvalue weighted by Crippen LogP contribution is 2.26. The summed E-state index contributed by atoms with van der Waals surface area (Å²) in [6.07, 6.45) is 4.28. The van der Waals surface area contributed by atoms with E-state index in [0.29, 0.717) is 24.6 Å². The van der Waals surface area contributed by atoms with Gasteiger partial charge in [0.25, 0.3) is 5.91 Å². The van der Waals surface area contributed by atoms with Crippen molar-refractivity contribution in [3.05, 3.63) is 35.9 Å². The summed E-state index contributed by atoms with van der Waals surface area (Å²) in [7, 11) is 0. The molecule has 1 amide bonds. The molecule has 27 heavy (non-hydrogen) atoms. The number of para-hydroxylation sites is 1. The lowest BCUT2D eigenvalue weighted by molar-refractivity contribution is 0.0943. The Kier molecular flexibility index (Phi) is 7.04. The maximum absolute atomic E-state index is 12.8. The molecule has 2 heterocycles. The molecular formula is C22H31N3O2. The van der Waals surface area contributed by atoms with Gasteiger partial charge < -0.3 is 15.0 Å². The Bertz CT molecular complexity index is 762. The maximum atomic E-state index is 12.8. The van der Waals surface area contributed by atoms with Gasteiger partial charge in [0.15, 0.2) is 0 Å². The number of hydrogen-bond acceptors (Lipinski definition) is 4. The van der Waals surface area contributed by atoms with Crippen molar-refractivity contribution in [1.29, 1.82) is 0 Å². The molecule has 1 aromatic carbocycles. The molecule has 1 saturated heterocycles. The SMILES string of the molecule is CCCOCCCNC(=O)c1cc(N2CCC[C@@H](C)C2)nc2ccccc12. The number of piperidine rings is 1. The van der Waals surface area contributed by atoms with Gasteiger partial charge in [0.2, 0.25) is 0 Å². The number of carbonyl (C=O) groups excluding carboxylic acids is 1. The number of carbonyl (C=O) groups is 1. The zero-order chi connectivity index (χ0) is 19.1. The summed E-state index contributed by atoms with van der Waals surface area (Å²) < 4.78 is 5.48. The number of nitrogens with zero attached hydrogens (tertiary/aromatic N) is 2. The van der Waals surface area contributed by atoms with E-state index in [9.17, 15) is 4.79 Å². The number of aromatic nitrogens is 1. The molecule has 0 aliphatic carbocycles. The van der Waals surface area contributed by atoms with E-state index >= 15 is 0 Å². The third-order valence-corrected chi connectivity index (χ3v) is 5.03. The number of nitrogens with one attached hydrogen (secondary N) is 1. The van der Waals surface area contributed by atoms with Crippen molar-refractivity contribution in [2.45, 2.75) is 39.5 Å². The fourth-order valence-electron chi connectivity index (χ4n) is 3.63. The average Bonchev–Trinajstić information content (AvgIpc) is 2.69. The van der Waals surface area contributed by atoms with Gasteiger partial charge in [-0.1, -0.05) is 32.0 Å². The predicted molar refractivity (Wildman–Crippen MR) is 110 cm³/mol. The van der Waals surface area contributed by atoms with Crippen LogP contribution in [0.15, 0.2) is 30.3 Å². The highest BCUT2D eigenvalue weighted by molar-refractivity contribution is 6.07. The molecule has 0 bridgehead atoms. The molecule has 0 spiro atoms. The van der Waals surface area contributed by atoms with Crippen LogP contribution in [0.4, 0.5) is 5.82 Å². The third-order valence-electron chi connectivity index (χ3n) is 5.03. The first kappa shape index (κ1) is 19.6. The van der Waals surface area contributed by atoms with Crippen LogP contribution in [0, 0.1) is 5.92 Å². The Labute approximate surface area is 162 Å². The van der Waals surface area contributed by atoms with Gasteiger partial charge in [0, 0.05) is 38.2 Å². The summed E-state index contributed by atoms with van der Waals surface area (Å²) in [4.78, 5) is 20.0. The number of fused-ring (bicyclic) bond motifs is 1. The summed E-state index contributed by atoms with van der Waals surface area (Å²) in [5.74, 6) is 1.54. The molecule has 0 radical (unpaired) electrons. The van der Waals surface area contributed by atoms with E-state index in [1.165, 1.54) is 12.8 Å². The van der Waals surface area contributed by atoms with Crippen LogP contribution in [0.5, 0.6) is 0 Å². The second kappa shape index (κ2) is 9.70. The molecule has 5 heteroatoms. The van der Waals surface area contributed by atoms with Crippen LogP contribution in [0.25, 0.3) is 10.9 Å². The van der Waals surface area contributed by atoms with E-state index in [1.54, 1.807) is 0 Å². The van der Waals surface area contributed by atoms with Crippen molar-refractivity contribution in [1.82, 2.24) is 10.3 Å². The zero-order valence-electron chi connectivity index (χ0n) is 16.5. The second-order valence-electron chi connectivity index (χ2n) is 7.46. The topological polar surface area (TPSA) is 54.5 Å². The second-order valence-corrected chi connectivity index (χ2v) is 7.46. The molecule has 1 aromatic heterocycles. The molecule has 5 nitrogen and oxygen atoms in total. The van der Waals surface area contributed by atoms with Crippen molar-refractivity contribution < 1.29 is 9.53 Å². The van der Waals surface area contributed by atoms with Crippen LogP contribution in [0.3, 0.4) is 0 Å². The summed E-state index contributed by atoms with van der Waals surface area (Å²) in [6.45, 7) is 8.46. The number of anilines is 1. The van der Waals surface area contributed by atoms with Crippen LogP contribution in [-0.2, 0) is 4.74 Å². The Balaban J connectivity index is 1.75. The van der Waals surface area contributed by atoms with Crippen LogP contribution in [-0.4, -0.2) is 43.7 Å². The van der Waals surface area contributed by atoms with E-state index < -0.39 is 0 Å². The number of pyridine rings is 1. The minimum atomic E-state index is -0.0320. The first-order valence-electron chi connectivity index (χ1n) is 10.2. The lowest BCUT2D eigenvalue weighted by Crippen LogP contribution is -2.35. The third kappa shape index (κ3) is 5.19. The molecule has 3 rings (SSSR count). The molecule has 0 saturated carbocycles. The Morgan fingerprint density at radius 2 is 2.19 bits per heavy atom. The molecule has 1 fully saturated rings. The smallest absolute Gasteiger partial charge is 0.252 e. The van der Waals surface area contributed by atoms with Gasteiger partial charge in [-0.2, -0.15) is 0 Å². The van der Waals surface area contributed by atoms with Gasteiger partial charge >= 0.3 is 0 Å². The molecule has 1 atom stereocenters. The van der Waals surface area contributed by atoms with Crippen LogP contribution in [0.2, 0.25) is 0 Å². The van der Waals surface area contributed by atoms with E-state index in [2.05, 4.69) is 24.1 Å². The van der Waals surface area contributed by atoms with Gasteiger partial charge in [-0.3, -0.25) is 4.79 Å². The van der Waals surface area contributed by atoms with Gasteiger partial charge in [-0.25, -0.2) is 4.98 Å². The molecule has 1 aliphatic rings. The summed E-state index contributed by atoms with van der Waals surface area (Å²) in [6, 6.07) is 9.86. The first-order chi connectivity index (χ1) is 13.2. The fourth-order valence-corrected chi connectivity index (χ4v) is 3.63. The minimum Gasteiger partial charge on any atom is -0.381 e. The summed E-state index contributed by atoms with van der Waals surface area (Å²) in [5.41, 5.74) is 1.59. The average molecular weight is 370 g/mol. The number of hydrogen-bond donors (Lipinski definition) is 1. The van der Waals surface area contributed by atoms with Gasteiger partial charge in [-0.15, -0.1) is 0 Å². The normalized spacial score (nSPS) is 17.3. The Morgan fingerprint density at radius 3 is 3.00 bits per heavy atom. The highest BCUT2D eigenvalue weighted by Gasteiger charge is 2.20. The van der Waals surface area contributed by atoms with E-state index in [1.807, 2.05) is 30.3 Å². The van der Waals surface area contributed by atoms with Crippen molar-refractivity contribution in [2.24, 2.45) is 5.92 Å². The van der Waals surface area contributed by atoms with E-state index in [0.717, 1.165) is 49.3 Å². The lowest BCUT2D eigenvalue weighted by atomic mass is 10.00. The van der Waals surface area contributed by atoms with Crippen LogP contribution in [0.1, 0.15) is 49.9 Å². The Morgan fingerprint density at radius 1 is 1.33 bits per heavy atom. The number of benzene rings is 1. The van der Waals surface area contributed by atoms with Crippen molar-refractivity contribution in [3.63, 3.8) is 0 Å². The van der Waals surface area contributed by atoms with E-state index in [4.69, 9.17) is 9.72 Å². The van der Waals surface area contributed by atoms with Crippen molar-refractivity contribution in [3.8, 4) is 0 Å². The number of amides is 1. The quantitative estimate of drug-likeness (QED) is 0.714. The molecule has 1 aliphatic heterocycles. The first-order valence-corrected chi connectivity index (χ1v) is 10.2. The van der Waals surface area contributed by atoms with Crippen LogP contribution < -0.4 is 10.2 Å². The molecule has 1 N–H and O–H groups in total. The van der Waals surface area contributed by atoms with Crippen molar-refractivity contribution >= 4 is 22.6 Å². The van der Waals surface area contributed by atoms with Gasteiger partial charge in [-0.05, 0) is 43.7 Å². The maximum Gasteiger partial charge on any atom is 0.252 e. The minimum absolute atomic E-state index is 0.0320. The van der Waals surface area contributed by atoms with Gasteiger partial charge in [0.05, 0.1) is 11.1 Å². The Hall–Kier alpha value is -2.14. The molecule has 0 unspecified atom stereocenters. The summed E-state index contributed by atoms with van der Waals surface area (Å²) in [5, 5.41) is 3.95. The van der Waals surface area contributed by atoms with Crippen LogP contribution >= 0.6 is 0 Å². The monoisotopic (exact) mass is 369 g/mol. The molecular weight excluding hydrogens is 338 g/mol. The predicted octanol–water partition coefficient (Wildman–Crippen LogP) is 4.02. The molecule has 2 aromatic rings. The summed E-state index contributed by atoms with van der Waals surface area (Å²) >= 11 is 0. The standard InChI is InChI=1S/C22H31N3O2/c1-3-13-27-14-7-11-23-22(26)19-15-21(25-12-6-8-17(2)16-25)24-20-10-5-4-9-18(19)20/h4-5,9-10,15,17H,3,6-8,11-14,16H2,1-2H3,(H,23,26)/t17-/m1/s1.